The molecule has 1 saturated carbocycles. The zero-order chi connectivity index (χ0) is 10.4. The second kappa shape index (κ2) is 2.89. The maximum atomic E-state index is 12.8. The molecule has 2 rings (SSSR count). The van der Waals surface area contributed by atoms with Crippen molar-refractivity contribution >= 4 is 5.91 Å². The molecular weight excluding hydrogens is 190 g/mol. The standard InChI is InChI=1S/C9H14F2N2O/c1-8(4-9(8,10)11)5-13-7(14)6-2-3-12-6/h6,12H,2-5H2,1H3,(H,13,14). The van der Waals surface area contributed by atoms with Crippen molar-refractivity contribution in [2.75, 3.05) is 13.1 Å². The SMILES string of the molecule is CC1(CNC(=O)C2CCN2)CC1(F)F. The Morgan fingerprint density at radius 2 is 2.21 bits per heavy atom. The van der Waals surface area contributed by atoms with E-state index >= 15 is 0 Å². The van der Waals surface area contributed by atoms with Crippen LogP contribution in [-0.4, -0.2) is 31.0 Å². The summed E-state index contributed by atoms with van der Waals surface area (Å²) in [5.41, 5.74) is -1.01. The average Bonchev–Trinajstić information content (AvgIpc) is 2.44. The first kappa shape index (κ1) is 9.83. The van der Waals surface area contributed by atoms with Crippen molar-refractivity contribution in [2.24, 2.45) is 5.41 Å². The zero-order valence-electron chi connectivity index (χ0n) is 8.07. The molecule has 1 amide bonds. The van der Waals surface area contributed by atoms with E-state index in [1.54, 1.807) is 0 Å². The molecule has 14 heavy (non-hydrogen) atoms. The van der Waals surface area contributed by atoms with E-state index in [1.807, 2.05) is 0 Å². The van der Waals surface area contributed by atoms with Gasteiger partial charge in [0.25, 0.3) is 5.92 Å². The summed E-state index contributed by atoms with van der Waals surface area (Å²) in [6.45, 7) is 2.42. The van der Waals surface area contributed by atoms with Crippen LogP contribution >= 0.6 is 0 Å². The topological polar surface area (TPSA) is 41.1 Å². The fourth-order valence-electron chi connectivity index (χ4n) is 1.56. The number of hydrogen-bond donors (Lipinski definition) is 2. The van der Waals surface area contributed by atoms with Gasteiger partial charge in [0.2, 0.25) is 5.91 Å². The summed E-state index contributed by atoms with van der Waals surface area (Å²) >= 11 is 0. The predicted octanol–water partition coefficient (Wildman–Crippen LogP) is 0.510. The fourth-order valence-corrected chi connectivity index (χ4v) is 1.56. The van der Waals surface area contributed by atoms with Crippen LogP contribution in [0.2, 0.25) is 0 Å². The van der Waals surface area contributed by atoms with E-state index in [0.717, 1.165) is 13.0 Å². The molecule has 2 fully saturated rings. The monoisotopic (exact) mass is 204 g/mol. The fraction of sp³-hybridized carbons (Fsp3) is 0.889. The lowest BCUT2D eigenvalue weighted by atomic mass is 10.1. The lowest BCUT2D eigenvalue weighted by Gasteiger charge is -2.26. The average molecular weight is 204 g/mol. The van der Waals surface area contributed by atoms with E-state index in [4.69, 9.17) is 0 Å². The first-order valence-corrected chi connectivity index (χ1v) is 4.84. The summed E-state index contributed by atoms with van der Waals surface area (Å²) in [6.07, 6.45) is 0.692. The summed E-state index contributed by atoms with van der Waals surface area (Å²) < 4.78 is 25.5. The van der Waals surface area contributed by atoms with Gasteiger partial charge in [-0.2, -0.15) is 0 Å². The van der Waals surface area contributed by atoms with E-state index in [-0.39, 0.29) is 24.9 Å². The molecule has 1 saturated heterocycles. The number of hydrogen-bond acceptors (Lipinski definition) is 2. The zero-order valence-corrected chi connectivity index (χ0v) is 8.07. The number of carbonyl (C=O) groups is 1. The van der Waals surface area contributed by atoms with Crippen LogP contribution in [0.1, 0.15) is 19.8 Å². The van der Waals surface area contributed by atoms with E-state index in [1.165, 1.54) is 6.92 Å². The van der Waals surface area contributed by atoms with E-state index in [9.17, 15) is 13.6 Å². The maximum Gasteiger partial charge on any atom is 0.256 e. The summed E-state index contributed by atoms with van der Waals surface area (Å²) in [5, 5.41) is 5.48. The van der Waals surface area contributed by atoms with E-state index < -0.39 is 11.3 Å². The van der Waals surface area contributed by atoms with Crippen molar-refractivity contribution in [1.29, 1.82) is 0 Å². The molecule has 0 aromatic heterocycles. The minimum absolute atomic E-state index is 0.0804. The van der Waals surface area contributed by atoms with Crippen LogP contribution in [0.3, 0.4) is 0 Å². The maximum absolute atomic E-state index is 12.8. The Morgan fingerprint density at radius 3 is 2.57 bits per heavy atom. The molecule has 1 aliphatic carbocycles. The third-order valence-electron chi connectivity index (χ3n) is 3.16. The molecule has 1 heterocycles. The van der Waals surface area contributed by atoms with Crippen LogP contribution < -0.4 is 10.6 Å². The van der Waals surface area contributed by atoms with Gasteiger partial charge in [0.1, 0.15) is 0 Å². The van der Waals surface area contributed by atoms with Gasteiger partial charge in [-0.15, -0.1) is 0 Å². The van der Waals surface area contributed by atoms with Gasteiger partial charge in [0, 0.05) is 13.0 Å². The Labute approximate surface area is 81.2 Å². The summed E-state index contributed by atoms with van der Waals surface area (Å²) in [4.78, 5) is 11.3. The van der Waals surface area contributed by atoms with Gasteiger partial charge in [-0.3, -0.25) is 4.79 Å². The Bertz CT molecular complexity index is 266. The number of rotatable bonds is 3. The minimum atomic E-state index is -2.59. The molecule has 0 aromatic rings. The lowest BCUT2D eigenvalue weighted by Crippen LogP contribution is -2.54. The summed E-state index contributed by atoms with van der Waals surface area (Å²) in [5.74, 6) is -2.74. The Kier molecular flexibility index (Phi) is 2.03. The number of halogens is 2. The van der Waals surface area contributed by atoms with E-state index in [0.29, 0.717) is 0 Å². The number of carbonyl (C=O) groups excluding carboxylic acids is 1. The molecule has 80 valence electrons. The van der Waals surface area contributed by atoms with Crippen LogP contribution in [0.4, 0.5) is 8.78 Å². The first-order valence-electron chi connectivity index (χ1n) is 4.84. The molecular formula is C9H14F2N2O. The van der Waals surface area contributed by atoms with Crippen LogP contribution in [0.5, 0.6) is 0 Å². The number of nitrogens with one attached hydrogen (secondary N) is 2. The Balaban J connectivity index is 1.75. The van der Waals surface area contributed by atoms with Gasteiger partial charge in [0.15, 0.2) is 0 Å². The molecule has 3 nitrogen and oxygen atoms in total. The Morgan fingerprint density at radius 1 is 1.64 bits per heavy atom. The van der Waals surface area contributed by atoms with Crippen LogP contribution in [0, 0.1) is 5.41 Å². The molecule has 2 atom stereocenters. The van der Waals surface area contributed by atoms with Crippen molar-refractivity contribution in [3.8, 4) is 0 Å². The highest BCUT2D eigenvalue weighted by Crippen LogP contribution is 2.59. The van der Waals surface area contributed by atoms with Crippen molar-refractivity contribution in [2.45, 2.75) is 31.7 Å². The third-order valence-corrected chi connectivity index (χ3v) is 3.16. The smallest absolute Gasteiger partial charge is 0.256 e. The normalized spacial score (nSPS) is 38.6. The molecule has 2 unspecified atom stereocenters. The van der Waals surface area contributed by atoms with Gasteiger partial charge < -0.3 is 10.6 Å². The van der Waals surface area contributed by atoms with Crippen molar-refractivity contribution in [3.63, 3.8) is 0 Å². The molecule has 2 aliphatic rings. The van der Waals surface area contributed by atoms with Gasteiger partial charge in [-0.05, 0) is 13.0 Å². The van der Waals surface area contributed by atoms with Gasteiger partial charge in [-0.25, -0.2) is 8.78 Å². The van der Waals surface area contributed by atoms with E-state index in [2.05, 4.69) is 10.6 Å². The second-order valence-corrected chi connectivity index (χ2v) is 4.46. The number of amides is 1. The van der Waals surface area contributed by atoms with Gasteiger partial charge in [-0.1, -0.05) is 6.92 Å². The summed E-state index contributed by atoms with van der Waals surface area (Å²) in [6, 6.07) is -0.161. The highest BCUT2D eigenvalue weighted by atomic mass is 19.3. The Hall–Kier alpha value is -0.710. The van der Waals surface area contributed by atoms with Gasteiger partial charge in [0.05, 0.1) is 11.5 Å². The molecule has 1 aliphatic heterocycles. The van der Waals surface area contributed by atoms with Gasteiger partial charge >= 0.3 is 0 Å². The molecule has 0 bridgehead atoms. The lowest BCUT2D eigenvalue weighted by molar-refractivity contribution is -0.125. The summed E-state index contributed by atoms with van der Waals surface area (Å²) in [7, 11) is 0. The largest absolute Gasteiger partial charge is 0.354 e. The molecule has 0 radical (unpaired) electrons. The quantitative estimate of drug-likeness (QED) is 0.703. The van der Waals surface area contributed by atoms with Crippen LogP contribution in [0.25, 0.3) is 0 Å². The highest BCUT2D eigenvalue weighted by Gasteiger charge is 2.67. The molecule has 2 N–H and O–H groups in total. The van der Waals surface area contributed by atoms with Crippen molar-refractivity contribution in [3.05, 3.63) is 0 Å². The minimum Gasteiger partial charge on any atom is -0.354 e. The second-order valence-electron chi connectivity index (χ2n) is 4.46. The first-order chi connectivity index (χ1) is 6.45. The molecule has 0 aromatic carbocycles. The molecule has 5 heteroatoms. The van der Waals surface area contributed by atoms with Crippen LogP contribution in [-0.2, 0) is 4.79 Å². The third kappa shape index (κ3) is 1.49. The highest BCUT2D eigenvalue weighted by molar-refractivity contribution is 5.82. The number of alkyl halides is 2. The molecule has 0 spiro atoms. The van der Waals surface area contributed by atoms with Crippen LogP contribution in [0.15, 0.2) is 0 Å². The predicted molar refractivity (Wildman–Crippen MR) is 47.1 cm³/mol. The van der Waals surface area contributed by atoms with Crippen molar-refractivity contribution in [1.82, 2.24) is 10.6 Å². The van der Waals surface area contributed by atoms with Crippen molar-refractivity contribution < 1.29 is 13.6 Å².